The summed E-state index contributed by atoms with van der Waals surface area (Å²) in [5.74, 6) is 3.87. The van der Waals surface area contributed by atoms with Gasteiger partial charge in [-0.1, -0.05) is 17.9 Å². The standard InChI is InChI=1S/C20H16FN5O3/c1-26-8-7-20(29,19(26)28)6-5-12-3-2-4-14(9-12)23-18(27)16-15-10-13(21)11-22-17(15)25-24-16/h2-4,9-11,29H,7-8H2,1H3,(H,23,27)(H,22,24,25)/t20-/m0/s1. The first kappa shape index (κ1) is 18.6. The number of likely N-dealkylation sites (N-methyl/N-ethyl adjacent to an activating group) is 1. The first-order valence-electron chi connectivity index (χ1n) is 8.78. The van der Waals surface area contributed by atoms with E-state index in [1.807, 2.05) is 0 Å². The van der Waals surface area contributed by atoms with Crippen LogP contribution in [0.5, 0.6) is 0 Å². The summed E-state index contributed by atoms with van der Waals surface area (Å²) in [5.41, 5.74) is -0.436. The van der Waals surface area contributed by atoms with Gasteiger partial charge in [0, 0.05) is 31.3 Å². The lowest BCUT2D eigenvalue weighted by Gasteiger charge is -2.13. The number of halogens is 1. The van der Waals surface area contributed by atoms with Crippen molar-refractivity contribution in [3.05, 3.63) is 53.6 Å². The summed E-state index contributed by atoms with van der Waals surface area (Å²) in [4.78, 5) is 29.8. The van der Waals surface area contributed by atoms with Gasteiger partial charge >= 0.3 is 0 Å². The number of fused-ring (bicyclic) bond motifs is 1. The van der Waals surface area contributed by atoms with E-state index in [0.717, 1.165) is 6.20 Å². The van der Waals surface area contributed by atoms with Gasteiger partial charge in [0.25, 0.3) is 11.8 Å². The third-order valence-corrected chi connectivity index (χ3v) is 4.64. The molecule has 1 atom stereocenters. The highest BCUT2D eigenvalue weighted by Gasteiger charge is 2.42. The Morgan fingerprint density at radius 2 is 2.24 bits per heavy atom. The zero-order valence-corrected chi connectivity index (χ0v) is 15.4. The average Bonchev–Trinajstić information content (AvgIpc) is 3.23. The second-order valence-corrected chi connectivity index (χ2v) is 6.74. The van der Waals surface area contributed by atoms with Crippen LogP contribution < -0.4 is 5.32 Å². The Labute approximate surface area is 164 Å². The molecular formula is C20H16FN5O3. The fourth-order valence-electron chi connectivity index (χ4n) is 3.06. The molecule has 29 heavy (non-hydrogen) atoms. The highest BCUT2D eigenvalue weighted by Crippen LogP contribution is 2.21. The Kier molecular flexibility index (Phi) is 4.48. The molecule has 0 bridgehead atoms. The average molecular weight is 393 g/mol. The number of aromatic nitrogens is 3. The van der Waals surface area contributed by atoms with Gasteiger partial charge in [0.15, 0.2) is 11.3 Å². The quantitative estimate of drug-likeness (QED) is 0.568. The first-order chi connectivity index (χ1) is 13.9. The Balaban J connectivity index is 1.55. The molecule has 2 amide bonds. The normalized spacial score (nSPS) is 18.6. The summed E-state index contributed by atoms with van der Waals surface area (Å²) in [6.07, 6.45) is 1.27. The van der Waals surface area contributed by atoms with Crippen molar-refractivity contribution in [3.63, 3.8) is 0 Å². The first-order valence-corrected chi connectivity index (χ1v) is 8.78. The minimum atomic E-state index is -1.70. The fourth-order valence-corrected chi connectivity index (χ4v) is 3.06. The number of carbonyl (C=O) groups is 2. The van der Waals surface area contributed by atoms with Crippen LogP contribution in [-0.2, 0) is 4.79 Å². The van der Waals surface area contributed by atoms with E-state index in [1.165, 1.54) is 11.0 Å². The minimum Gasteiger partial charge on any atom is -0.369 e. The van der Waals surface area contributed by atoms with Crippen molar-refractivity contribution in [2.75, 3.05) is 18.9 Å². The number of aromatic amines is 1. The van der Waals surface area contributed by atoms with Gasteiger partial charge in [-0.05, 0) is 24.3 Å². The van der Waals surface area contributed by atoms with E-state index in [-0.39, 0.29) is 17.5 Å². The molecule has 3 aromatic rings. The Bertz CT molecular complexity index is 1200. The molecule has 146 valence electrons. The summed E-state index contributed by atoms with van der Waals surface area (Å²) < 4.78 is 13.4. The predicted molar refractivity (Wildman–Crippen MR) is 102 cm³/mol. The van der Waals surface area contributed by atoms with E-state index >= 15 is 0 Å². The molecule has 1 saturated heterocycles. The maximum absolute atomic E-state index is 13.4. The molecule has 4 rings (SSSR count). The van der Waals surface area contributed by atoms with Crippen LogP contribution in [-0.4, -0.2) is 56.2 Å². The lowest BCUT2D eigenvalue weighted by Crippen LogP contribution is -2.37. The molecule has 9 heteroatoms. The molecule has 0 unspecified atom stereocenters. The summed E-state index contributed by atoms with van der Waals surface area (Å²) >= 11 is 0. The van der Waals surface area contributed by atoms with Gasteiger partial charge in [-0.2, -0.15) is 5.10 Å². The van der Waals surface area contributed by atoms with Crippen LogP contribution in [0.2, 0.25) is 0 Å². The molecule has 1 aliphatic rings. The lowest BCUT2D eigenvalue weighted by atomic mass is 10.0. The van der Waals surface area contributed by atoms with Crippen LogP contribution in [0.4, 0.5) is 10.1 Å². The zero-order valence-electron chi connectivity index (χ0n) is 15.4. The summed E-state index contributed by atoms with van der Waals surface area (Å²) in [5, 5.41) is 19.8. The molecule has 1 fully saturated rings. The zero-order chi connectivity index (χ0) is 20.6. The Morgan fingerprint density at radius 1 is 1.41 bits per heavy atom. The minimum absolute atomic E-state index is 0.0115. The monoisotopic (exact) mass is 393 g/mol. The third kappa shape index (κ3) is 3.53. The maximum atomic E-state index is 13.4. The number of rotatable bonds is 2. The molecule has 1 aliphatic heterocycles. The largest absolute Gasteiger partial charge is 0.369 e. The van der Waals surface area contributed by atoms with Crippen molar-refractivity contribution in [1.82, 2.24) is 20.1 Å². The number of hydrogen-bond donors (Lipinski definition) is 3. The molecule has 0 saturated carbocycles. The molecular weight excluding hydrogens is 377 g/mol. The summed E-state index contributed by atoms with van der Waals surface area (Å²) in [7, 11) is 1.61. The molecule has 1 aromatic carbocycles. The number of carbonyl (C=O) groups excluding carboxylic acids is 2. The van der Waals surface area contributed by atoms with Crippen LogP contribution in [0.25, 0.3) is 11.0 Å². The number of amides is 2. The van der Waals surface area contributed by atoms with E-state index in [4.69, 9.17) is 0 Å². The number of hydrogen-bond acceptors (Lipinski definition) is 5. The van der Waals surface area contributed by atoms with E-state index in [9.17, 15) is 19.1 Å². The van der Waals surface area contributed by atoms with Gasteiger partial charge in [0.2, 0.25) is 5.60 Å². The smallest absolute Gasteiger partial charge is 0.276 e. The second kappa shape index (κ2) is 7.00. The van der Waals surface area contributed by atoms with Crippen LogP contribution in [0.15, 0.2) is 36.5 Å². The van der Waals surface area contributed by atoms with Crippen LogP contribution >= 0.6 is 0 Å². The van der Waals surface area contributed by atoms with Gasteiger partial charge in [-0.15, -0.1) is 0 Å². The molecule has 8 nitrogen and oxygen atoms in total. The van der Waals surface area contributed by atoms with Crippen molar-refractivity contribution in [3.8, 4) is 11.8 Å². The number of likely N-dealkylation sites (tertiary alicyclic amines) is 1. The SMILES string of the molecule is CN1CC[C@@](O)(C#Cc2cccc(NC(=O)c3n[nH]c4ncc(F)cc34)c2)C1=O. The van der Waals surface area contributed by atoms with E-state index in [1.54, 1.807) is 31.3 Å². The molecule has 0 spiro atoms. The maximum Gasteiger partial charge on any atom is 0.276 e. The fraction of sp³-hybridized carbons (Fsp3) is 0.200. The number of pyridine rings is 1. The van der Waals surface area contributed by atoms with Gasteiger partial charge in [0.1, 0.15) is 5.82 Å². The molecule has 0 aliphatic carbocycles. The lowest BCUT2D eigenvalue weighted by molar-refractivity contribution is -0.137. The molecule has 3 heterocycles. The van der Waals surface area contributed by atoms with E-state index in [0.29, 0.717) is 23.4 Å². The van der Waals surface area contributed by atoms with Crippen molar-refractivity contribution in [1.29, 1.82) is 0 Å². The number of nitrogens with zero attached hydrogens (tertiary/aromatic N) is 3. The second-order valence-electron chi connectivity index (χ2n) is 6.74. The van der Waals surface area contributed by atoms with Gasteiger partial charge in [-0.3, -0.25) is 14.7 Å². The molecule has 3 N–H and O–H groups in total. The third-order valence-electron chi connectivity index (χ3n) is 4.64. The number of anilines is 1. The number of benzene rings is 1. The summed E-state index contributed by atoms with van der Waals surface area (Å²) in [6, 6.07) is 7.80. The summed E-state index contributed by atoms with van der Waals surface area (Å²) in [6.45, 7) is 0.438. The molecule has 2 aromatic heterocycles. The van der Waals surface area contributed by atoms with E-state index in [2.05, 4.69) is 32.3 Å². The van der Waals surface area contributed by atoms with Gasteiger partial charge in [0.05, 0.1) is 11.6 Å². The van der Waals surface area contributed by atoms with Crippen molar-refractivity contribution in [2.24, 2.45) is 0 Å². The Hall–Kier alpha value is -3.77. The predicted octanol–water partition coefficient (Wildman–Crippen LogP) is 1.29. The molecule has 0 radical (unpaired) electrons. The van der Waals surface area contributed by atoms with Crippen LogP contribution in [0, 0.1) is 17.7 Å². The van der Waals surface area contributed by atoms with Crippen molar-refractivity contribution in [2.45, 2.75) is 12.0 Å². The number of nitrogens with one attached hydrogen (secondary N) is 2. The van der Waals surface area contributed by atoms with Crippen molar-refractivity contribution >= 4 is 28.5 Å². The van der Waals surface area contributed by atoms with Gasteiger partial charge in [-0.25, -0.2) is 9.37 Å². The van der Waals surface area contributed by atoms with Crippen LogP contribution in [0.1, 0.15) is 22.5 Å². The number of H-pyrrole nitrogens is 1. The van der Waals surface area contributed by atoms with Crippen molar-refractivity contribution < 1.29 is 19.1 Å². The highest BCUT2D eigenvalue weighted by atomic mass is 19.1. The number of aliphatic hydroxyl groups is 1. The Morgan fingerprint density at radius 3 is 3.00 bits per heavy atom. The topological polar surface area (TPSA) is 111 Å². The highest BCUT2D eigenvalue weighted by molar-refractivity contribution is 6.10. The van der Waals surface area contributed by atoms with Crippen LogP contribution in [0.3, 0.4) is 0 Å². The van der Waals surface area contributed by atoms with E-state index < -0.39 is 23.2 Å². The van der Waals surface area contributed by atoms with Gasteiger partial charge < -0.3 is 15.3 Å².